The first kappa shape index (κ1) is 18.1. The molecule has 0 unspecified atom stereocenters. The maximum absolute atomic E-state index is 11.1. The number of nitrogens with one attached hydrogen (secondary N) is 2. The first-order valence-corrected chi connectivity index (χ1v) is 8.44. The van der Waals surface area contributed by atoms with E-state index in [0.29, 0.717) is 35.8 Å². The number of benzene rings is 2. The van der Waals surface area contributed by atoms with Crippen LogP contribution in [0.2, 0.25) is 0 Å². The van der Waals surface area contributed by atoms with Crippen molar-refractivity contribution in [3.63, 3.8) is 0 Å². The molecular weight excluding hydrogens is 342 g/mol. The number of fused-ring (bicyclic) bond motifs is 1. The number of non-ortho nitro benzene ring substituents is 1. The Hall–Kier alpha value is -3.74. The molecule has 0 aliphatic rings. The lowest BCUT2D eigenvalue weighted by Gasteiger charge is -2.10. The molecule has 7 nitrogen and oxygen atoms in total. The highest BCUT2D eigenvalue weighted by Gasteiger charge is 2.12. The van der Waals surface area contributed by atoms with E-state index in [1.807, 2.05) is 42.5 Å². The number of hydrogen-bond donors (Lipinski definition) is 2. The van der Waals surface area contributed by atoms with Crippen molar-refractivity contribution in [3.8, 4) is 0 Å². The van der Waals surface area contributed by atoms with Crippen LogP contribution in [0.25, 0.3) is 17.0 Å². The third-order valence-corrected chi connectivity index (χ3v) is 3.79. The SMILES string of the molecule is C=CCNc1nc(NCC=Cc2ccccc2)c2cc([N+](=O)[O-])ccc2n1. The average Bonchev–Trinajstić information content (AvgIpc) is 2.69. The molecule has 0 fully saturated rings. The molecule has 0 spiro atoms. The summed E-state index contributed by atoms with van der Waals surface area (Å²) < 4.78 is 0. The highest BCUT2D eigenvalue weighted by Crippen LogP contribution is 2.26. The van der Waals surface area contributed by atoms with E-state index in [-0.39, 0.29) is 5.69 Å². The maximum atomic E-state index is 11.1. The molecule has 0 saturated heterocycles. The van der Waals surface area contributed by atoms with Crippen molar-refractivity contribution >= 4 is 34.4 Å². The number of rotatable bonds is 8. The Bertz CT molecular complexity index is 986. The van der Waals surface area contributed by atoms with Crippen molar-refractivity contribution in [2.45, 2.75) is 0 Å². The average molecular weight is 361 g/mol. The van der Waals surface area contributed by atoms with Gasteiger partial charge in [0.2, 0.25) is 5.95 Å². The molecule has 3 aromatic rings. The van der Waals surface area contributed by atoms with Gasteiger partial charge in [0.1, 0.15) is 5.82 Å². The Labute approximate surface area is 156 Å². The minimum absolute atomic E-state index is 0.000721. The molecule has 0 amide bonds. The zero-order valence-electron chi connectivity index (χ0n) is 14.6. The van der Waals surface area contributed by atoms with E-state index in [1.54, 1.807) is 12.1 Å². The summed E-state index contributed by atoms with van der Waals surface area (Å²) in [5, 5.41) is 18.0. The number of hydrogen-bond acceptors (Lipinski definition) is 6. The molecule has 0 saturated carbocycles. The molecule has 27 heavy (non-hydrogen) atoms. The lowest BCUT2D eigenvalue weighted by molar-refractivity contribution is -0.384. The van der Waals surface area contributed by atoms with Gasteiger partial charge in [0.25, 0.3) is 5.69 Å². The van der Waals surface area contributed by atoms with Gasteiger partial charge in [0, 0.05) is 30.6 Å². The molecule has 0 aliphatic heterocycles. The Balaban J connectivity index is 1.87. The van der Waals surface area contributed by atoms with Crippen LogP contribution in [0.5, 0.6) is 0 Å². The number of anilines is 2. The monoisotopic (exact) mass is 361 g/mol. The van der Waals surface area contributed by atoms with Gasteiger partial charge in [-0.3, -0.25) is 10.1 Å². The second-order valence-corrected chi connectivity index (χ2v) is 5.72. The fourth-order valence-corrected chi connectivity index (χ4v) is 2.52. The lowest BCUT2D eigenvalue weighted by Crippen LogP contribution is -2.08. The predicted octanol–water partition coefficient (Wildman–Crippen LogP) is 4.26. The van der Waals surface area contributed by atoms with Gasteiger partial charge in [-0.15, -0.1) is 6.58 Å². The van der Waals surface area contributed by atoms with Crippen molar-refractivity contribution in [1.82, 2.24) is 9.97 Å². The standard InChI is InChI=1S/C20H19N5O2/c1-2-12-22-20-23-18-11-10-16(25(26)27)14-17(18)19(24-20)21-13-6-9-15-7-4-3-5-8-15/h2-11,14H,1,12-13H2,(H2,21,22,23,24). The van der Waals surface area contributed by atoms with Crippen LogP contribution in [0, 0.1) is 10.1 Å². The molecule has 0 atom stereocenters. The molecule has 2 aromatic carbocycles. The van der Waals surface area contributed by atoms with Crippen molar-refractivity contribution in [1.29, 1.82) is 0 Å². The third kappa shape index (κ3) is 4.66. The molecular formula is C20H19N5O2. The molecule has 0 bridgehead atoms. The minimum atomic E-state index is -0.428. The number of aromatic nitrogens is 2. The topological polar surface area (TPSA) is 93.0 Å². The zero-order chi connectivity index (χ0) is 19.1. The van der Waals surface area contributed by atoms with E-state index in [9.17, 15) is 10.1 Å². The van der Waals surface area contributed by atoms with E-state index < -0.39 is 4.92 Å². The van der Waals surface area contributed by atoms with E-state index >= 15 is 0 Å². The van der Waals surface area contributed by atoms with Gasteiger partial charge < -0.3 is 10.6 Å². The molecule has 3 rings (SSSR count). The smallest absolute Gasteiger partial charge is 0.270 e. The van der Waals surface area contributed by atoms with Gasteiger partial charge in [0.05, 0.1) is 10.4 Å². The number of nitro groups is 1. The van der Waals surface area contributed by atoms with Crippen LogP contribution in [0.4, 0.5) is 17.5 Å². The van der Waals surface area contributed by atoms with E-state index in [0.717, 1.165) is 5.56 Å². The van der Waals surface area contributed by atoms with Gasteiger partial charge in [-0.05, 0) is 11.6 Å². The normalized spacial score (nSPS) is 10.8. The Kier molecular flexibility index (Phi) is 5.73. The lowest BCUT2D eigenvalue weighted by atomic mass is 10.2. The van der Waals surface area contributed by atoms with Crippen molar-refractivity contribution in [2.75, 3.05) is 23.7 Å². The Morgan fingerprint density at radius 2 is 1.89 bits per heavy atom. The fraction of sp³-hybridized carbons (Fsp3) is 0.100. The van der Waals surface area contributed by atoms with E-state index in [1.165, 1.54) is 12.1 Å². The van der Waals surface area contributed by atoms with Gasteiger partial charge >= 0.3 is 0 Å². The quantitative estimate of drug-likeness (QED) is 0.354. The molecule has 1 aromatic heterocycles. The minimum Gasteiger partial charge on any atom is -0.366 e. The van der Waals surface area contributed by atoms with Crippen molar-refractivity contribution in [3.05, 3.63) is 82.9 Å². The summed E-state index contributed by atoms with van der Waals surface area (Å²) in [5.41, 5.74) is 1.72. The second kappa shape index (κ2) is 8.57. The highest BCUT2D eigenvalue weighted by atomic mass is 16.6. The van der Waals surface area contributed by atoms with Gasteiger partial charge in [-0.25, -0.2) is 4.98 Å². The summed E-state index contributed by atoms with van der Waals surface area (Å²) in [6.07, 6.45) is 5.67. The summed E-state index contributed by atoms with van der Waals surface area (Å²) in [6.45, 7) is 4.70. The molecule has 0 aliphatic carbocycles. The largest absolute Gasteiger partial charge is 0.366 e. The van der Waals surface area contributed by atoms with Crippen LogP contribution >= 0.6 is 0 Å². The van der Waals surface area contributed by atoms with Crippen molar-refractivity contribution in [2.24, 2.45) is 0 Å². The summed E-state index contributed by atoms with van der Waals surface area (Å²) in [5.74, 6) is 0.971. The Morgan fingerprint density at radius 1 is 1.07 bits per heavy atom. The summed E-state index contributed by atoms with van der Waals surface area (Å²) in [7, 11) is 0. The first-order valence-electron chi connectivity index (χ1n) is 8.44. The summed E-state index contributed by atoms with van der Waals surface area (Å²) in [4.78, 5) is 19.5. The van der Waals surface area contributed by atoms with Crippen LogP contribution in [0.3, 0.4) is 0 Å². The number of nitro benzene ring substituents is 1. The van der Waals surface area contributed by atoms with Gasteiger partial charge in [-0.1, -0.05) is 48.6 Å². The Morgan fingerprint density at radius 3 is 2.63 bits per heavy atom. The molecule has 2 N–H and O–H groups in total. The highest BCUT2D eigenvalue weighted by molar-refractivity contribution is 5.91. The predicted molar refractivity (Wildman–Crippen MR) is 109 cm³/mol. The van der Waals surface area contributed by atoms with Crippen LogP contribution in [0.1, 0.15) is 5.56 Å². The van der Waals surface area contributed by atoms with Gasteiger partial charge in [-0.2, -0.15) is 4.98 Å². The molecule has 1 heterocycles. The van der Waals surface area contributed by atoms with Crippen LogP contribution in [0.15, 0.2) is 67.3 Å². The number of nitrogens with zero attached hydrogens (tertiary/aromatic N) is 3. The first-order chi connectivity index (χ1) is 13.2. The maximum Gasteiger partial charge on any atom is 0.270 e. The van der Waals surface area contributed by atoms with Crippen LogP contribution in [-0.4, -0.2) is 28.0 Å². The fourth-order valence-electron chi connectivity index (χ4n) is 2.52. The second-order valence-electron chi connectivity index (χ2n) is 5.72. The van der Waals surface area contributed by atoms with Crippen LogP contribution < -0.4 is 10.6 Å². The van der Waals surface area contributed by atoms with Crippen molar-refractivity contribution < 1.29 is 4.92 Å². The van der Waals surface area contributed by atoms with E-state index in [2.05, 4.69) is 27.2 Å². The van der Waals surface area contributed by atoms with E-state index in [4.69, 9.17) is 0 Å². The third-order valence-electron chi connectivity index (χ3n) is 3.79. The summed E-state index contributed by atoms with van der Waals surface area (Å²) in [6, 6.07) is 14.5. The zero-order valence-corrected chi connectivity index (χ0v) is 14.6. The molecule has 136 valence electrons. The van der Waals surface area contributed by atoms with Crippen LogP contribution in [-0.2, 0) is 0 Å². The van der Waals surface area contributed by atoms with Gasteiger partial charge in [0.15, 0.2) is 0 Å². The molecule has 0 radical (unpaired) electrons. The molecule has 7 heteroatoms. The summed E-state index contributed by atoms with van der Waals surface area (Å²) >= 11 is 0.